The quantitative estimate of drug-likeness (QED) is 0.716. The van der Waals surface area contributed by atoms with E-state index in [1.54, 1.807) is 7.11 Å². The molecule has 0 bridgehead atoms. The van der Waals surface area contributed by atoms with E-state index in [-0.39, 0.29) is 0 Å². The van der Waals surface area contributed by atoms with Gasteiger partial charge in [-0.25, -0.2) is 0 Å². The Bertz CT molecular complexity index is 815. The number of hydrogen-bond acceptors (Lipinski definition) is 2. The Balaban J connectivity index is 1.66. The van der Waals surface area contributed by atoms with E-state index in [1.807, 2.05) is 12.3 Å². The molecule has 0 saturated heterocycles. The van der Waals surface area contributed by atoms with E-state index < -0.39 is 0 Å². The van der Waals surface area contributed by atoms with E-state index in [1.165, 1.54) is 60.5 Å². The van der Waals surface area contributed by atoms with Crippen LogP contribution in [0.2, 0.25) is 0 Å². The Morgan fingerprint density at radius 1 is 1.13 bits per heavy atom. The molecule has 120 valence electrons. The van der Waals surface area contributed by atoms with Gasteiger partial charge in [0.15, 0.2) is 0 Å². The van der Waals surface area contributed by atoms with Crippen LogP contribution in [-0.4, -0.2) is 17.1 Å². The van der Waals surface area contributed by atoms with Crippen molar-refractivity contribution in [2.24, 2.45) is 5.92 Å². The minimum atomic E-state index is 0.890. The largest absolute Gasteiger partial charge is 0.497 e. The molecule has 1 aliphatic rings. The van der Waals surface area contributed by atoms with Crippen molar-refractivity contribution in [2.45, 2.75) is 44.9 Å². The van der Waals surface area contributed by atoms with E-state index in [0.717, 1.165) is 23.6 Å². The zero-order valence-electron chi connectivity index (χ0n) is 13.8. The number of nitrogens with zero attached hydrogens (tertiary/aromatic N) is 1. The Labute approximate surface area is 137 Å². The molecule has 1 aromatic carbocycles. The molecular formula is C20H24N2O. The number of aromatic nitrogens is 2. The number of aromatic amines is 1. The Morgan fingerprint density at radius 3 is 2.83 bits per heavy atom. The molecular weight excluding hydrogens is 284 g/mol. The van der Waals surface area contributed by atoms with Crippen LogP contribution in [0.4, 0.5) is 0 Å². The van der Waals surface area contributed by atoms with E-state index in [0.29, 0.717) is 0 Å². The van der Waals surface area contributed by atoms with Gasteiger partial charge in [-0.2, -0.15) is 0 Å². The number of benzene rings is 1. The molecule has 0 unspecified atom stereocenters. The molecule has 1 fully saturated rings. The first kappa shape index (κ1) is 14.6. The smallest absolute Gasteiger partial charge is 0.120 e. The van der Waals surface area contributed by atoms with Gasteiger partial charge in [0.2, 0.25) is 0 Å². The summed E-state index contributed by atoms with van der Waals surface area (Å²) >= 11 is 0. The van der Waals surface area contributed by atoms with E-state index in [9.17, 15) is 0 Å². The highest BCUT2D eigenvalue weighted by Gasteiger charge is 2.15. The fraction of sp³-hybridized carbons (Fsp3) is 0.450. The minimum absolute atomic E-state index is 0.890. The van der Waals surface area contributed by atoms with Gasteiger partial charge < -0.3 is 9.72 Å². The monoisotopic (exact) mass is 308 g/mol. The van der Waals surface area contributed by atoms with Crippen LogP contribution in [0, 0.1) is 5.92 Å². The molecule has 1 saturated carbocycles. The zero-order chi connectivity index (χ0) is 15.6. The van der Waals surface area contributed by atoms with Crippen molar-refractivity contribution in [3.8, 4) is 5.75 Å². The summed E-state index contributed by atoms with van der Waals surface area (Å²) in [6.07, 6.45) is 11.4. The highest BCUT2D eigenvalue weighted by molar-refractivity contribution is 6.08. The predicted octanol–water partition coefficient (Wildman–Crippen LogP) is 5.24. The molecule has 3 nitrogen and oxygen atoms in total. The predicted molar refractivity (Wildman–Crippen MR) is 95.0 cm³/mol. The highest BCUT2D eigenvalue weighted by Crippen LogP contribution is 2.31. The summed E-state index contributed by atoms with van der Waals surface area (Å²) in [5.41, 5.74) is 3.54. The lowest BCUT2D eigenvalue weighted by Gasteiger charge is -2.21. The van der Waals surface area contributed by atoms with Crippen molar-refractivity contribution in [2.75, 3.05) is 7.11 Å². The number of aryl methyl sites for hydroxylation is 1. The topological polar surface area (TPSA) is 37.9 Å². The van der Waals surface area contributed by atoms with E-state index >= 15 is 0 Å². The molecule has 0 aliphatic heterocycles. The lowest BCUT2D eigenvalue weighted by molar-refractivity contribution is 0.338. The van der Waals surface area contributed by atoms with Crippen LogP contribution in [0.3, 0.4) is 0 Å². The molecule has 0 radical (unpaired) electrons. The minimum Gasteiger partial charge on any atom is -0.497 e. The van der Waals surface area contributed by atoms with Crippen LogP contribution >= 0.6 is 0 Å². The third-order valence-corrected chi connectivity index (χ3v) is 5.32. The number of ether oxygens (including phenoxy) is 1. The van der Waals surface area contributed by atoms with Gasteiger partial charge in [0.1, 0.15) is 5.75 Å². The molecule has 2 aromatic heterocycles. The van der Waals surface area contributed by atoms with Crippen molar-refractivity contribution in [3.05, 3.63) is 36.2 Å². The molecule has 0 amide bonds. The number of nitrogens with one attached hydrogen (secondary N) is 1. The summed E-state index contributed by atoms with van der Waals surface area (Å²) in [6, 6.07) is 8.35. The lowest BCUT2D eigenvalue weighted by Crippen LogP contribution is -2.07. The van der Waals surface area contributed by atoms with Crippen LogP contribution in [-0.2, 0) is 6.42 Å². The second kappa shape index (κ2) is 6.23. The molecule has 0 atom stereocenters. The van der Waals surface area contributed by atoms with Crippen molar-refractivity contribution in [3.63, 3.8) is 0 Å². The number of pyridine rings is 1. The number of rotatable bonds is 4. The SMILES string of the molecule is COc1ccc2c(c1)[nH]c1c(CCC3CCCCC3)nccc12. The first-order valence-corrected chi connectivity index (χ1v) is 8.78. The number of fused-ring (bicyclic) bond motifs is 3. The Morgan fingerprint density at radius 2 is 2.00 bits per heavy atom. The number of hydrogen-bond donors (Lipinski definition) is 1. The first-order valence-electron chi connectivity index (χ1n) is 8.78. The summed E-state index contributed by atoms with van der Waals surface area (Å²) in [7, 11) is 1.71. The summed E-state index contributed by atoms with van der Waals surface area (Å²) in [4.78, 5) is 8.23. The summed E-state index contributed by atoms with van der Waals surface area (Å²) in [5, 5.41) is 2.53. The fourth-order valence-electron chi connectivity index (χ4n) is 4.00. The normalized spacial score (nSPS) is 16.2. The second-order valence-corrected chi connectivity index (χ2v) is 6.76. The van der Waals surface area contributed by atoms with Crippen molar-refractivity contribution >= 4 is 21.8 Å². The van der Waals surface area contributed by atoms with E-state index in [4.69, 9.17) is 4.74 Å². The van der Waals surface area contributed by atoms with Crippen LogP contribution in [0.1, 0.15) is 44.2 Å². The van der Waals surface area contributed by atoms with Gasteiger partial charge >= 0.3 is 0 Å². The Kier molecular flexibility index (Phi) is 3.94. The third kappa shape index (κ3) is 2.80. The second-order valence-electron chi connectivity index (χ2n) is 6.76. The van der Waals surface area contributed by atoms with Gasteiger partial charge in [0.25, 0.3) is 0 Å². The van der Waals surface area contributed by atoms with Gasteiger partial charge in [-0.3, -0.25) is 4.98 Å². The molecule has 3 aromatic rings. The summed E-state index contributed by atoms with van der Waals surface area (Å²) in [6.45, 7) is 0. The fourth-order valence-corrected chi connectivity index (χ4v) is 4.00. The maximum Gasteiger partial charge on any atom is 0.120 e. The van der Waals surface area contributed by atoms with Crippen LogP contribution in [0.5, 0.6) is 5.75 Å². The first-order chi connectivity index (χ1) is 11.3. The van der Waals surface area contributed by atoms with Crippen LogP contribution in [0.25, 0.3) is 21.8 Å². The average Bonchev–Trinajstić information content (AvgIpc) is 2.99. The molecule has 4 rings (SSSR count). The molecule has 3 heteroatoms. The zero-order valence-corrected chi connectivity index (χ0v) is 13.8. The number of methoxy groups -OCH3 is 1. The van der Waals surface area contributed by atoms with E-state index in [2.05, 4.69) is 28.2 Å². The van der Waals surface area contributed by atoms with Gasteiger partial charge in [-0.1, -0.05) is 32.1 Å². The van der Waals surface area contributed by atoms with Crippen LogP contribution < -0.4 is 4.74 Å². The number of H-pyrrole nitrogens is 1. The van der Waals surface area contributed by atoms with Gasteiger partial charge in [0, 0.05) is 23.0 Å². The molecule has 1 N–H and O–H groups in total. The maximum atomic E-state index is 5.34. The van der Waals surface area contributed by atoms with Crippen molar-refractivity contribution in [1.82, 2.24) is 9.97 Å². The maximum absolute atomic E-state index is 5.34. The lowest BCUT2D eigenvalue weighted by atomic mass is 9.85. The highest BCUT2D eigenvalue weighted by atomic mass is 16.5. The van der Waals surface area contributed by atoms with Gasteiger partial charge in [-0.05, 0) is 37.0 Å². The van der Waals surface area contributed by atoms with Crippen molar-refractivity contribution in [1.29, 1.82) is 0 Å². The van der Waals surface area contributed by atoms with Crippen molar-refractivity contribution < 1.29 is 4.74 Å². The summed E-state index contributed by atoms with van der Waals surface area (Å²) in [5.74, 6) is 1.78. The molecule has 23 heavy (non-hydrogen) atoms. The molecule has 0 spiro atoms. The van der Waals surface area contributed by atoms with Gasteiger partial charge in [0.05, 0.1) is 23.8 Å². The molecule has 1 aliphatic carbocycles. The molecule has 2 heterocycles. The average molecular weight is 308 g/mol. The third-order valence-electron chi connectivity index (χ3n) is 5.32. The van der Waals surface area contributed by atoms with Crippen LogP contribution in [0.15, 0.2) is 30.5 Å². The summed E-state index contributed by atoms with van der Waals surface area (Å²) < 4.78 is 5.34. The standard InChI is InChI=1S/C20H24N2O/c1-23-15-8-9-16-17-11-12-21-18(20(17)22-19(16)13-15)10-7-14-5-3-2-4-6-14/h8-9,11-14,22H,2-7,10H2,1H3. The van der Waals surface area contributed by atoms with Gasteiger partial charge in [-0.15, -0.1) is 0 Å². The Hall–Kier alpha value is -2.03.